The molecule has 0 bridgehead atoms. The Labute approximate surface area is 116 Å². The molecule has 1 aliphatic carbocycles. The van der Waals surface area contributed by atoms with Crippen molar-refractivity contribution >= 4 is 33.2 Å². The summed E-state index contributed by atoms with van der Waals surface area (Å²) in [6, 6.07) is 5.96. The fourth-order valence-corrected chi connectivity index (χ4v) is 3.07. The first-order valence-corrected chi connectivity index (χ1v) is 7.18. The Morgan fingerprint density at radius 2 is 2.35 bits per heavy atom. The Morgan fingerprint density at radius 1 is 1.59 bits per heavy atom. The van der Waals surface area contributed by atoms with Gasteiger partial charge in [0.05, 0.1) is 10.6 Å². The molecule has 0 heterocycles. The zero-order valence-corrected chi connectivity index (χ0v) is 12.3. The van der Waals surface area contributed by atoms with Crippen LogP contribution in [0.1, 0.15) is 26.2 Å². The standard InChI is InChI=1S/C13H18BrClN2/c1-9-3-2-6-13(9,8-16)17-10-4-5-11(14)12(15)7-10/h4-5,7,9,17H,2-3,6,8,16H2,1H3. The van der Waals surface area contributed by atoms with Crippen LogP contribution in [0.25, 0.3) is 0 Å². The van der Waals surface area contributed by atoms with Gasteiger partial charge in [0.2, 0.25) is 0 Å². The average Bonchev–Trinajstić information content (AvgIpc) is 2.66. The zero-order chi connectivity index (χ0) is 12.5. The minimum Gasteiger partial charge on any atom is -0.378 e. The molecule has 0 saturated heterocycles. The molecule has 0 aromatic heterocycles. The summed E-state index contributed by atoms with van der Waals surface area (Å²) in [4.78, 5) is 0. The number of hydrogen-bond acceptors (Lipinski definition) is 2. The van der Waals surface area contributed by atoms with Crippen molar-refractivity contribution in [3.63, 3.8) is 0 Å². The Kier molecular flexibility index (Phi) is 4.01. The fourth-order valence-electron chi connectivity index (χ4n) is 2.65. The third-order valence-corrected chi connectivity index (χ3v) is 5.11. The van der Waals surface area contributed by atoms with Gasteiger partial charge in [-0.05, 0) is 52.9 Å². The summed E-state index contributed by atoms with van der Waals surface area (Å²) in [5.74, 6) is 0.606. The normalized spacial score (nSPS) is 28.4. The van der Waals surface area contributed by atoms with E-state index < -0.39 is 0 Å². The lowest BCUT2D eigenvalue weighted by Crippen LogP contribution is -2.47. The van der Waals surface area contributed by atoms with Crippen LogP contribution in [-0.4, -0.2) is 12.1 Å². The lowest BCUT2D eigenvalue weighted by atomic mass is 9.88. The monoisotopic (exact) mass is 316 g/mol. The number of rotatable bonds is 3. The van der Waals surface area contributed by atoms with E-state index >= 15 is 0 Å². The molecule has 4 heteroatoms. The lowest BCUT2D eigenvalue weighted by molar-refractivity contribution is 0.382. The summed E-state index contributed by atoms with van der Waals surface area (Å²) in [7, 11) is 0. The van der Waals surface area contributed by atoms with Crippen molar-refractivity contribution in [1.29, 1.82) is 0 Å². The molecule has 2 rings (SSSR count). The van der Waals surface area contributed by atoms with Crippen LogP contribution in [0.5, 0.6) is 0 Å². The molecule has 1 fully saturated rings. The maximum Gasteiger partial charge on any atom is 0.0568 e. The first kappa shape index (κ1) is 13.2. The van der Waals surface area contributed by atoms with Crippen LogP contribution in [0.15, 0.2) is 22.7 Å². The third kappa shape index (κ3) is 2.61. The summed E-state index contributed by atoms with van der Waals surface area (Å²) < 4.78 is 0.922. The van der Waals surface area contributed by atoms with Crippen molar-refractivity contribution in [2.45, 2.75) is 31.7 Å². The molecule has 0 amide bonds. The van der Waals surface area contributed by atoms with Crippen molar-refractivity contribution in [2.75, 3.05) is 11.9 Å². The second-order valence-electron chi connectivity index (χ2n) is 4.91. The summed E-state index contributed by atoms with van der Waals surface area (Å²) in [5.41, 5.74) is 7.06. The number of nitrogens with two attached hydrogens (primary N) is 1. The highest BCUT2D eigenvalue weighted by atomic mass is 79.9. The van der Waals surface area contributed by atoms with E-state index in [0.717, 1.165) is 21.6 Å². The van der Waals surface area contributed by atoms with Gasteiger partial charge < -0.3 is 11.1 Å². The van der Waals surface area contributed by atoms with Crippen LogP contribution in [0.3, 0.4) is 0 Å². The molecule has 2 atom stereocenters. The van der Waals surface area contributed by atoms with Crippen LogP contribution >= 0.6 is 27.5 Å². The molecular weight excluding hydrogens is 300 g/mol. The summed E-state index contributed by atoms with van der Waals surface area (Å²) in [6.45, 7) is 2.94. The number of nitrogens with one attached hydrogen (secondary N) is 1. The quantitative estimate of drug-likeness (QED) is 0.883. The molecule has 3 N–H and O–H groups in total. The number of anilines is 1. The topological polar surface area (TPSA) is 38.0 Å². The van der Waals surface area contributed by atoms with E-state index in [1.807, 2.05) is 18.2 Å². The average molecular weight is 318 g/mol. The molecule has 94 valence electrons. The van der Waals surface area contributed by atoms with Crippen LogP contribution in [0, 0.1) is 5.92 Å². The summed E-state index contributed by atoms with van der Waals surface area (Å²) >= 11 is 9.51. The van der Waals surface area contributed by atoms with Gasteiger partial charge in [-0.3, -0.25) is 0 Å². The first-order chi connectivity index (χ1) is 8.07. The molecule has 0 spiro atoms. The van der Waals surface area contributed by atoms with E-state index in [-0.39, 0.29) is 5.54 Å². The smallest absolute Gasteiger partial charge is 0.0568 e. The van der Waals surface area contributed by atoms with E-state index in [2.05, 4.69) is 28.2 Å². The Morgan fingerprint density at radius 3 is 2.88 bits per heavy atom. The van der Waals surface area contributed by atoms with Crippen molar-refractivity contribution in [1.82, 2.24) is 0 Å². The highest BCUT2D eigenvalue weighted by molar-refractivity contribution is 9.10. The minimum absolute atomic E-state index is 0.0388. The second-order valence-corrected chi connectivity index (χ2v) is 6.17. The third-order valence-electron chi connectivity index (χ3n) is 3.88. The number of benzene rings is 1. The van der Waals surface area contributed by atoms with Gasteiger partial charge in [-0.15, -0.1) is 0 Å². The first-order valence-electron chi connectivity index (χ1n) is 6.01. The Bertz CT molecular complexity index is 410. The van der Waals surface area contributed by atoms with Crippen LogP contribution in [0.2, 0.25) is 5.02 Å². The maximum absolute atomic E-state index is 6.11. The maximum atomic E-state index is 6.11. The van der Waals surface area contributed by atoms with Gasteiger partial charge >= 0.3 is 0 Å². The molecule has 0 radical (unpaired) electrons. The van der Waals surface area contributed by atoms with E-state index in [4.69, 9.17) is 17.3 Å². The molecule has 1 aromatic carbocycles. The molecule has 1 aliphatic rings. The van der Waals surface area contributed by atoms with Crippen LogP contribution in [-0.2, 0) is 0 Å². The van der Waals surface area contributed by atoms with Gasteiger partial charge in [0.25, 0.3) is 0 Å². The fraction of sp³-hybridized carbons (Fsp3) is 0.538. The van der Waals surface area contributed by atoms with Gasteiger partial charge in [-0.25, -0.2) is 0 Å². The summed E-state index contributed by atoms with van der Waals surface area (Å²) in [5, 5.41) is 4.32. The largest absolute Gasteiger partial charge is 0.378 e. The van der Waals surface area contributed by atoms with Gasteiger partial charge in [0.15, 0.2) is 0 Å². The second kappa shape index (κ2) is 5.17. The molecule has 1 aromatic rings. The van der Waals surface area contributed by atoms with Gasteiger partial charge in [-0.1, -0.05) is 24.9 Å². The highest BCUT2D eigenvalue weighted by Crippen LogP contribution is 2.38. The van der Waals surface area contributed by atoms with E-state index in [1.54, 1.807) is 0 Å². The van der Waals surface area contributed by atoms with Crippen LogP contribution in [0.4, 0.5) is 5.69 Å². The number of hydrogen-bond donors (Lipinski definition) is 2. The van der Waals surface area contributed by atoms with E-state index in [9.17, 15) is 0 Å². The molecular formula is C13H18BrClN2. The molecule has 2 nitrogen and oxygen atoms in total. The zero-order valence-electron chi connectivity index (χ0n) is 9.97. The molecule has 1 saturated carbocycles. The van der Waals surface area contributed by atoms with Crippen molar-refractivity contribution in [2.24, 2.45) is 11.7 Å². The summed E-state index contributed by atoms with van der Waals surface area (Å²) in [6.07, 6.45) is 3.63. The minimum atomic E-state index is 0.0388. The van der Waals surface area contributed by atoms with E-state index in [0.29, 0.717) is 12.5 Å². The molecule has 17 heavy (non-hydrogen) atoms. The highest BCUT2D eigenvalue weighted by Gasteiger charge is 2.38. The van der Waals surface area contributed by atoms with Crippen molar-refractivity contribution in [3.8, 4) is 0 Å². The van der Waals surface area contributed by atoms with Gasteiger partial charge in [0, 0.05) is 16.7 Å². The lowest BCUT2D eigenvalue weighted by Gasteiger charge is -2.35. The molecule has 2 unspecified atom stereocenters. The van der Waals surface area contributed by atoms with Crippen molar-refractivity contribution in [3.05, 3.63) is 27.7 Å². The Hall–Kier alpha value is -0.250. The van der Waals surface area contributed by atoms with Gasteiger partial charge in [-0.2, -0.15) is 0 Å². The Balaban J connectivity index is 2.21. The van der Waals surface area contributed by atoms with Gasteiger partial charge in [0.1, 0.15) is 0 Å². The molecule has 0 aliphatic heterocycles. The van der Waals surface area contributed by atoms with Crippen LogP contribution < -0.4 is 11.1 Å². The number of halogens is 2. The van der Waals surface area contributed by atoms with E-state index in [1.165, 1.54) is 12.8 Å². The predicted molar refractivity (Wildman–Crippen MR) is 77.6 cm³/mol. The van der Waals surface area contributed by atoms with Crippen molar-refractivity contribution < 1.29 is 0 Å². The SMILES string of the molecule is CC1CCCC1(CN)Nc1ccc(Br)c(Cl)c1. The predicted octanol–water partition coefficient (Wildman–Crippen LogP) is 4.03.